The molecule has 0 bridgehead atoms. The van der Waals surface area contributed by atoms with Crippen LogP contribution in [0.3, 0.4) is 0 Å². The van der Waals surface area contributed by atoms with Crippen LogP contribution in [-0.2, 0) is 0 Å². The van der Waals surface area contributed by atoms with Gasteiger partial charge in [0, 0.05) is 10.5 Å². The Labute approximate surface area is 178 Å². The third-order valence-corrected chi connectivity index (χ3v) is 9.20. The third kappa shape index (κ3) is 12.3. The van der Waals surface area contributed by atoms with Gasteiger partial charge in [-0.15, -0.1) is 23.5 Å². The summed E-state index contributed by atoms with van der Waals surface area (Å²) < 4.78 is 1.70. The van der Waals surface area contributed by atoms with E-state index < -0.39 is 0 Å². The number of hydrogen-bond acceptors (Lipinski definition) is 3. The minimum atomic E-state index is 0.492. The smallest absolute Gasteiger partial charge is 0.104 e. The summed E-state index contributed by atoms with van der Waals surface area (Å²) in [5.74, 6) is 1.28. The van der Waals surface area contributed by atoms with Gasteiger partial charge in [0.05, 0.1) is 0 Å². The van der Waals surface area contributed by atoms with Crippen LogP contribution in [0.15, 0.2) is 0 Å². The lowest BCUT2D eigenvalue weighted by Gasteiger charge is -2.27. The average molecular weight is 417 g/mol. The molecule has 26 heavy (non-hydrogen) atoms. The molecular weight excluding hydrogens is 372 g/mol. The maximum Gasteiger partial charge on any atom is 0.104 e. The van der Waals surface area contributed by atoms with Crippen molar-refractivity contribution in [3.63, 3.8) is 0 Å². The van der Waals surface area contributed by atoms with E-state index in [9.17, 15) is 0 Å². The summed E-state index contributed by atoms with van der Waals surface area (Å²) in [4.78, 5) is 0. The van der Waals surface area contributed by atoms with Crippen molar-refractivity contribution in [2.45, 2.75) is 134 Å². The van der Waals surface area contributed by atoms with Gasteiger partial charge in [0.1, 0.15) is 3.53 Å². The van der Waals surface area contributed by atoms with Crippen molar-refractivity contribution in [3.8, 4) is 0 Å². The third-order valence-electron chi connectivity index (χ3n) is 5.72. The number of hydrogen-bond donors (Lipinski definition) is 0. The molecule has 0 unspecified atom stereocenters. The Morgan fingerprint density at radius 3 is 1.38 bits per heavy atom. The summed E-state index contributed by atoms with van der Waals surface area (Å²) in [7, 11) is 0. The van der Waals surface area contributed by atoms with Crippen LogP contribution in [0.25, 0.3) is 0 Å². The number of thioether (sulfide) groups is 2. The summed E-state index contributed by atoms with van der Waals surface area (Å²) in [6.45, 7) is 4.60. The zero-order chi connectivity index (χ0) is 18.9. The minimum absolute atomic E-state index is 0.492. The molecule has 0 radical (unpaired) electrons. The molecular formula is C23H44S3. The van der Waals surface area contributed by atoms with E-state index in [0.29, 0.717) is 4.75 Å². The maximum absolute atomic E-state index is 5.52. The predicted molar refractivity (Wildman–Crippen MR) is 130 cm³/mol. The molecule has 1 fully saturated rings. The van der Waals surface area contributed by atoms with Crippen LogP contribution in [0, 0.1) is 0 Å². The fourth-order valence-electron chi connectivity index (χ4n) is 3.96. The van der Waals surface area contributed by atoms with Crippen molar-refractivity contribution in [1.82, 2.24) is 0 Å². The van der Waals surface area contributed by atoms with Gasteiger partial charge in [0.25, 0.3) is 0 Å². The van der Waals surface area contributed by atoms with Crippen LogP contribution >= 0.6 is 35.7 Å². The van der Waals surface area contributed by atoms with Gasteiger partial charge in [-0.05, 0) is 12.8 Å². The molecule has 1 rings (SSSR count). The van der Waals surface area contributed by atoms with E-state index in [0.717, 1.165) is 0 Å². The highest BCUT2D eigenvalue weighted by Gasteiger charge is 2.37. The standard InChI is InChI=1S/C23H44S3/c1-3-5-7-9-11-13-15-17-19-23(21-25-22(24)26-23)20-18-16-14-12-10-8-6-4-2/h3-21H2,1-2H3. The molecule has 0 aliphatic carbocycles. The van der Waals surface area contributed by atoms with Crippen LogP contribution in [0.4, 0.5) is 0 Å². The fraction of sp³-hybridized carbons (Fsp3) is 0.957. The normalized spacial score (nSPS) is 16.5. The first-order chi connectivity index (χ1) is 12.7. The first kappa shape index (κ1) is 24.8. The fourth-order valence-corrected chi connectivity index (χ4v) is 7.54. The van der Waals surface area contributed by atoms with Gasteiger partial charge in [-0.3, -0.25) is 0 Å². The van der Waals surface area contributed by atoms with Crippen molar-refractivity contribution in [3.05, 3.63) is 0 Å². The van der Waals surface area contributed by atoms with Crippen LogP contribution in [0.2, 0.25) is 0 Å². The van der Waals surface area contributed by atoms with Gasteiger partial charge >= 0.3 is 0 Å². The lowest BCUT2D eigenvalue weighted by molar-refractivity contribution is 0.471. The number of thiocarbonyl (C=S) groups is 1. The number of unbranched alkanes of at least 4 members (excludes halogenated alkanes) is 14. The van der Waals surface area contributed by atoms with Gasteiger partial charge in [-0.1, -0.05) is 129 Å². The number of rotatable bonds is 18. The van der Waals surface area contributed by atoms with Crippen molar-refractivity contribution in [1.29, 1.82) is 0 Å². The van der Waals surface area contributed by atoms with Gasteiger partial charge in [-0.2, -0.15) is 0 Å². The minimum Gasteiger partial charge on any atom is -0.106 e. The molecule has 0 aromatic rings. The average Bonchev–Trinajstić information content (AvgIpc) is 3.01. The molecule has 0 aromatic carbocycles. The van der Waals surface area contributed by atoms with E-state index in [2.05, 4.69) is 25.6 Å². The Kier molecular flexibility index (Phi) is 16.0. The first-order valence-corrected chi connectivity index (χ1v) is 13.8. The van der Waals surface area contributed by atoms with Crippen LogP contribution in [0.1, 0.15) is 129 Å². The van der Waals surface area contributed by atoms with Gasteiger partial charge in [0.2, 0.25) is 0 Å². The summed E-state index contributed by atoms with van der Waals surface area (Å²) in [6.07, 6.45) is 25.6. The highest BCUT2D eigenvalue weighted by molar-refractivity contribution is 8.49. The van der Waals surface area contributed by atoms with E-state index in [1.165, 1.54) is 125 Å². The van der Waals surface area contributed by atoms with Crippen molar-refractivity contribution in [2.75, 3.05) is 5.75 Å². The Morgan fingerprint density at radius 2 is 1.04 bits per heavy atom. The molecule has 0 saturated carbocycles. The second-order valence-electron chi connectivity index (χ2n) is 8.27. The zero-order valence-corrected chi connectivity index (χ0v) is 20.1. The molecule has 0 atom stereocenters. The van der Waals surface area contributed by atoms with E-state index in [4.69, 9.17) is 12.2 Å². The maximum atomic E-state index is 5.52. The second kappa shape index (κ2) is 16.7. The van der Waals surface area contributed by atoms with Crippen molar-refractivity contribution >= 4 is 39.3 Å². The molecule has 3 heteroatoms. The van der Waals surface area contributed by atoms with Crippen LogP contribution in [0.5, 0.6) is 0 Å². The Balaban J connectivity index is 2.10. The molecule has 1 aliphatic rings. The van der Waals surface area contributed by atoms with E-state index in [1.807, 2.05) is 11.8 Å². The molecule has 0 amide bonds. The molecule has 154 valence electrons. The molecule has 1 aliphatic heterocycles. The van der Waals surface area contributed by atoms with Gasteiger partial charge < -0.3 is 0 Å². The molecule has 1 heterocycles. The molecule has 0 spiro atoms. The van der Waals surface area contributed by atoms with E-state index in [-0.39, 0.29) is 0 Å². The SMILES string of the molecule is CCCCCCCCCCC1(CCCCCCCCCC)CSC(=S)S1. The molecule has 0 aromatic heterocycles. The molecule has 1 saturated heterocycles. The van der Waals surface area contributed by atoms with Crippen molar-refractivity contribution in [2.24, 2.45) is 0 Å². The van der Waals surface area contributed by atoms with Gasteiger partial charge in [-0.25, -0.2) is 0 Å². The highest BCUT2D eigenvalue weighted by Crippen LogP contribution is 2.48. The highest BCUT2D eigenvalue weighted by atomic mass is 32.2. The Morgan fingerprint density at radius 1 is 0.654 bits per heavy atom. The summed E-state index contributed by atoms with van der Waals surface area (Å²) >= 11 is 9.53. The van der Waals surface area contributed by atoms with Crippen LogP contribution < -0.4 is 0 Å². The lowest BCUT2D eigenvalue weighted by atomic mass is 9.94. The molecule has 0 N–H and O–H groups in total. The molecule has 0 nitrogen and oxygen atoms in total. The summed E-state index contributed by atoms with van der Waals surface area (Å²) in [6, 6.07) is 0. The predicted octanol–water partition coefficient (Wildman–Crippen LogP) is 9.55. The first-order valence-electron chi connectivity index (χ1n) is 11.6. The topological polar surface area (TPSA) is 0 Å². The summed E-state index contributed by atoms with van der Waals surface area (Å²) in [5, 5.41) is 0. The van der Waals surface area contributed by atoms with Crippen LogP contribution in [-0.4, -0.2) is 14.0 Å². The van der Waals surface area contributed by atoms with Crippen molar-refractivity contribution < 1.29 is 0 Å². The quantitative estimate of drug-likeness (QED) is 0.161. The Hall–Kier alpha value is 0.790. The second-order valence-corrected chi connectivity index (χ2v) is 11.9. The lowest BCUT2D eigenvalue weighted by Crippen LogP contribution is -2.24. The monoisotopic (exact) mass is 416 g/mol. The largest absolute Gasteiger partial charge is 0.106 e. The van der Waals surface area contributed by atoms with E-state index >= 15 is 0 Å². The van der Waals surface area contributed by atoms with Gasteiger partial charge in [0.15, 0.2) is 0 Å². The Bertz CT molecular complexity index is 320. The van der Waals surface area contributed by atoms with E-state index in [1.54, 1.807) is 0 Å². The summed E-state index contributed by atoms with van der Waals surface area (Å²) in [5.41, 5.74) is 0. The zero-order valence-electron chi connectivity index (χ0n) is 17.7.